The van der Waals surface area contributed by atoms with E-state index >= 15 is 0 Å². The molecule has 18 heavy (non-hydrogen) atoms. The number of nitrogens with zero attached hydrogens (tertiary/aromatic N) is 1. The predicted molar refractivity (Wildman–Crippen MR) is 71.8 cm³/mol. The van der Waals surface area contributed by atoms with Crippen LogP contribution in [-0.2, 0) is 0 Å². The summed E-state index contributed by atoms with van der Waals surface area (Å²) in [5.74, 6) is -0.0438. The van der Waals surface area contributed by atoms with E-state index in [0.29, 0.717) is 16.1 Å². The highest BCUT2D eigenvalue weighted by atomic mass is 32.1. The van der Waals surface area contributed by atoms with Crippen LogP contribution in [-0.4, -0.2) is 34.7 Å². The van der Waals surface area contributed by atoms with Crippen molar-refractivity contribution in [2.24, 2.45) is 0 Å². The number of nitrogens with two attached hydrogens (primary N) is 1. The van der Waals surface area contributed by atoms with Crippen LogP contribution >= 0.6 is 11.3 Å². The Bertz CT molecular complexity index is 431. The lowest BCUT2D eigenvalue weighted by molar-refractivity contribution is 0.0927. The molecule has 0 radical (unpaired) electrons. The number of aromatic nitrogens is 1. The highest BCUT2D eigenvalue weighted by Gasteiger charge is 2.21. The number of nitrogens with one attached hydrogen (secondary N) is 2. The van der Waals surface area contributed by atoms with Gasteiger partial charge >= 0.3 is 0 Å². The molecule has 0 aliphatic heterocycles. The summed E-state index contributed by atoms with van der Waals surface area (Å²) in [6.07, 6.45) is 3.52. The van der Waals surface area contributed by atoms with Crippen molar-refractivity contribution in [1.82, 2.24) is 10.3 Å². The van der Waals surface area contributed by atoms with Crippen molar-refractivity contribution in [2.75, 3.05) is 17.7 Å². The molecule has 1 aliphatic rings. The van der Waals surface area contributed by atoms with E-state index in [9.17, 15) is 4.79 Å². The van der Waals surface area contributed by atoms with Crippen molar-refractivity contribution in [3.63, 3.8) is 0 Å². The summed E-state index contributed by atoms with van der Waals surface area (Å²) >= 11 is 1.26. The van der Waals surface area contributed by atoms with Crippen LogP contribution in [0.25, 0.3) is 0 Å². The standard InChI is InChI=1S/C11H18N4O2S/c1-6(5-16)13-10(17)8-9(12)15-11(18-8)14-7-3-2-4-7/h6-7,16H,2-5,12H2,1H3,(H,13,17)(H,14,15). The van der Waals surface area contributed by atoms with Gasteiger partial charge in [-0.2, -0.15) is 0 Å². The minimum Gasteiger partial charge on any atom is -0.394 e. The molecule has 1 saturated carbocycles. The lowest BCUT2D eigenvalue weighted by Gasteiger charge is -2.25. The highest BCUT2D eigenvalue weighted by Crippen LogP contribution is 2.29. The number of hydrogen-bond donors (Lipinski definition) is 4. The first-order valence-corrected chi connectivity index (χ1v) is 6.86. The molecule has 0 spiro atoms. The molecule has 1 heterocycles. The van der Waals surface area contributed by atoms with Gasteiger partial charge in [0.15, 0.2) is 5.13 Å². The third-order valence-electron chi connectivity index (χ3n) is 2.94. The van der Waals surface area contributed by atoms with Crippen LogP contribution in [0, 0.1) is 0 Å². The lowest BCUT2D eigenvalue weighted by atomic mass is 9.93. The number of nitrogen functional groups attached to an aromatic ring is 1. The Morgan fingerprint density at radius 3 is 2.94 bits per heavy atom. The lowest BCUT2D eigenvalue weighted by Crippen LogP contribution is -2.34. The average Bonchev–Trinajstić information content (AvgIpc) is 2.65. The van der Waals surface area contributed by atoms with Crippen molar-refractivity contribution >= 4 is 28.2 Å². The van der Waals surface area contributed by atoms with E-state index in [2.05, 4.69) is 15.6 Å². The van der Waals surface area contributed by atoms with Crippen LogP contribution in [0.4, 0.5) is 10.9 Å². The maximum absolute atomic E-state index is 11.9. The molecule has 7 heteroatoms. The topological polar surface area (TPSA) is 100 Å². The number of anilines is 2. The van der Waals surface area contributed by atoms with Crippen LogP contribution < -0.4 is 16.4 Å². The van der Waals surface area contributed by atoms with Crippen molar-refractivity contribution in [3.05, 3.63) is 4.88 Å². The molecule has 1 unspecified atom stereocenters. The number of carbonyl (C=O) groups excluding carboxylic acids is 1. The van der Waals surface area contributed by atoms with E-state index in [1.54, 1.807) is 6.92 Å². The monoisotopic (exact) mass is 270 g/mol. The number of carbonyl (C=O) groups is 1. The van der Waals surface area contributed by atoms with Crippen LogP contribution in [0.5, 0.6) is 0 Å². The third kappa shape index (κ3) is 2.91. The first kappa shape index (κ1) is 13.1. The molecule has 0 bridgehead atoms. The summed E-state index contributed by atoms with van der Waals surface area (Å²) in [6, 6.07) is 0.171. The Hall–Kier alpha value is -1.34. The van der Waals surface area contributed by atoms with Gasteiger partial charge in [-0.25, -0.2) is 4.98 Å². The minimum atomic E-state index is -0.290. The summed E-state index contributed by atoms with van der Waals surface area (Å²) in [4.78, 5) is 16.4. The Morgan fingerprint density at radius 2 is 2.39 bits per heavy atom. The van der Waals surface area contributed by atoms with E-state index in [1.165, 1.54) is 17.8 Å². The number of hydrogen-bond acceptors (Lipinski definition) is 6. The van der Waals surface area contributed by atoms with Gasteiger partial charge in [-0.1, -0.05) is 11.3 Å². The van der Waals surface area contributed by atoms with Crippen LogP contribution in [0.2, 0.25) is 0 Å². The van der Waals surface area contributed by atoms with Gasteiger partial charge in [0.05, 0.1) is 6.61 Å². The van der Waals surface area contributed by atoms with E-state index in [-0.39, 0.29) is 24.4 Å². The fourth-order valence-electron chi connectivity index (χ4n) is 1.62. The molecule has 1 aromatic heterocycles. The van der Waals surface area contributed by atoms with Crippen LogP contribution in [0.15, 0.2) is 0 Å². The smallest absolute Gasteiger partial charge is 0.265 e. The summed E-state index contributed by atoms with van der Waals surface area (Å²) in [5, 5.41) is 15.5. The van der Waals surface area contributed by atoms with E-state index in [0.717, 1.165) is 12.8 Å². The molecular formula is C11H18N4O2S. The largest absolute Gasteiger partial charge is 0.394 e. The van der Waals surface area contributed by atoms with Gasteiger partial charge in [0.25, 0.3) is 5.91 Å². The number of aliphatic hydroxyl groups is 1. The van der Waals surface area contributed by atoms with Crippen LogP contribution in [0.1, 0.15) is 35.9 Å². The normalized spacial score (nSPS) is 17.0. The first-order valence-electron chi connectivity index (χ1n) is 6.04. The Labute approximate surface area is 110 Å². The molecule has 1 amide bonds. The summed E-state index contributed by atoms with van der Waals surface area (Å²) in [6.45, 7) is 1.63. The van der Waals surface area contributed by atoms with Gasteiger partial charge in [-0.15, -0.1) is 0 Å². The maximum atomic E-state index is 11.9. The fourth-order valence-corrected chi connectivity index (χ4v) is 2.48. The summed E-state index contributed by atoms with van der Waals surface area (Å²) in [5.41, 5.74) is 5.73. The summed E-state index contributed by atoms with van der Waals surface area (Å²) < 4.78 is 0. The molecule has 100 valence electrons. The molecule has 0 aromatic carbocycles. The maximum Gasteiger partial charge on any atom is 0.265 e. The number of thiazole rings is 1. The van der Waals surface area contributed by atoms with Gasteiger partial charge in [0.2, 0.25) is 0 Å². The van der Waals surface area contributed by atoms with Gasteiger partial charge in [0, 0.05) is 12.1 Å². The number of aliphatic hydroxyl groups excluding tert-OH is 1. The first-order chi connectivity index (χ1) is 8.60. The molecular weight excluding hydrogens is 252 g/mol. The Kier molecular flexibility index (Phi) is 4.03. The molecule has 1 aromatic rings. The van der Waals surface area contributed by atoms with Crippen molar-refractivity contribution in [3.8, 4) is 0 Å². The zero-order valence-corrected chi connectivity index (χ0v) is 11.1. The highest BCUT2D eigenvalue weighted by molar-refractivity contribution is 7.18. The molecule has 1 atom stereocenters. The molecule has 1 fully saturated rings. The van der Waals surface area contributed by atoms with Crippen molar-refractivity contribution < 1.29 is 9.90 Å². The van der Waals surface area contributed by atoms with Gasteiger partial charge in [0.1, 0.15) is 10.7 Å². The quantitative estimate of drug-likeness (QED) is 0.634. The van der Waals surface area contributed by atoms with E-state index < -0.39 is 0 Å². The van der Waals surface area contributed by atoms with E-state index in [1.807, 2.05) is 0 Å². The van der Waals surface area contributed by atoms with Gasteiger partial charge in [-0.05, 0) is 26.2 Å². The van der Waals surface area contributed by atoms with Gasteiger partial charge in [-0.3, -0.25) is 4.79 Å². The number of rotatable bonds is 5. The number of amides is 1. The molecule has 0 saturated heterocycles. The second-order valence-corrected chi connectivity index (χ2v) is 5.56. The predicted octanol–water partition coefficient (Wildman–Crippen LogP) is 0.800. The SMILES string of the molecule is CC(CO)NC(=O)c1sc(NC2CCC2)nc1N. The zero-order valence-electron chi connectivity index (χ0n) is 10.3. The minimum absolute atomic E-state index is 0.0996. The average molecular weight is 270 g/mol. The van der Waals surface area contributed by atoms with Crippen molar-refractivity contribution in [1.29, 1.82) is 0 Å². The molecule has 2 rings (SSSR count). The zero-order chi connectivity index (χ0) is 13.1. The molecule has 1 aliphatic carbocycles. The molecule has 5 N–H and O–H groups in total. The fraction of sp³-hybridized carbons (Fsp3) is 0.636. The van der Waals surface area contributed by atoms with E-state index in [4.69, 9.17) is 10.8 Å². The molecule has 6 nitrogen and oxygen atoms in total. The Balaban J connectivity index is 2.01. The second kappa shape index (κ2) is 5.53. The van der Waals surface area contributed by atoms with Crippen molar-refractivity contribution in [2.45, 2.75) is 38.3 Å². The van der Waals surface area contributed by atoms with Gasteiger partial charge < -0.3 is 21.5 Å². The summed E-state index contributed by atoms with van der Waals surface area (Å²) in [7, 11) is 0. The van der Waals surface area contributed by atoms with Crippen LogP contribution in [0.3, 0.4) is 0 Å². The Morgan fingerprint density at radius 1 is 1.67 bits per heavy atom. The second-order valence-electron chi connectivity index (χ2n) is 4.56. The third-order valence-corrected chi connectivity index (χ3v) is 3.94.